The van der Waals surface area contributed by atoms with Gasteiger partial charge in [0.25, 0.3) is 0 Å². The van der Waals surface area contributed by atoms with Gasteiger partial charge in [0.05, 0.1) is 6.61 Å². The van der Waals surface area contributed by atoms with Crippen LogP contribution in [0, 0.1) is 0 Å². The van der Waals surface area contributed by atoms with Gasteiger partial charge >= 0.3 is 6.09 Å². The summed E-state index contributed by atoms with van der Waals surface area (Å²) in [7, 11) is 3.48. The lowest BCUT2D eigenvalue weighted by Crippen LogP contribution is -2.53. The number of guanidine groups is 1. The van der Waals surface area contributed by atoms with Crippen molar-refractivity contribution < 1.29 is 14.3 Å². The Hall–Kier alpha value is -2.77. The Labute approximate surface area is 191 Å². The average molecular weight is 444 g/mol. The quantitative estimate of drug-likeness (QED) is 0.499. The number of benzene rings is 1. The topological polar surface area (TPSA) is 86.3 Å². The average Bonchev–Trinajstić information content (AvgIpc) is 2.77. The Bertz CT molecular complexity index is 784. The van der Waals surface area contributed by atoms with Gasteiger partial charge in [-0.1, -0.05) is 36.8 Å². The molecule has 0 unspecified atom stereocenters. The van der Waals surface area contributed by atoms with Crippen LogP contribution in [0.1, 0.15) is 44.6 Å². The van der Waals surface area contributed by atoms with Crippen LogP contribution in [0.25, 0.3) is 0 Å². The number of ether oxygens (including phenoxy) is 1. The SMILES string of the molecule is CCOC(=O)N1CCC(NC(=NCC(=O)N(C)C)NCC2(c3ccccc3)CCC2)CC1. The summed E-state index contributed by atoms with van der Waals surface area (Å²) in [5.41, 5.74) is 1.47. The Balaban J connectivity index is 1.62. The van der Waals surface area contributed by atoms with Crippen LogP contribution >= 0.6 is 0 Å². The van der Waals surface area contributed by atoms with Crippen molar-refractivity contribution in [3.05, 3.63) is 35.9 Å². The summed E-state index contributed by atoms with van der Waals surface area (Å²) in [5, 5.41) is 7.02. The molecule has 1 aromatic carbocycles. The van der Waals surface area contributed by atoms with E-state index < -0.39 is 0 Å². The maximum absolute atomic E-state index is 12.1. The molecule has 0 aromatic heterocycles. The second kappa shape index (κ2) is 11.2. The summed E-state index contributed by atoms with van der Waals surface area (Å²) in [4.78, 5) is 32.0. The van der Waals surface area contributed by atoms with Crippen LogP contribution in [0.3, 0.4) is 0 Å². The largest absolute Gasteiger partial charge is 0.450 e. The molecule has 1 heterocycles. The molecule has 3 rings (SSSR count). The molecule has 8 nitrogen and oxygen atoms in total. The molecule has 1 aliphatic heterocycles. The van der Waals surface area contributed by atoms with Gasteiger partial charge in [0.1, 0.15) is 6.54 Å². The molecule has 2 N–H and O–H groups in total. The number of rotatable bonds is 7. The third-order valence-electron chi connectivity index (χ3n) is 6.52. The molecule has 8 heteroatoms. The molecule has 0 spiro atoms. The fraction of sp³-hybridized carbons (Fsp3) is 0.625. The van der Waals surface area contributed by atoms with E-state index in [0.29, 0.717) is 25.7 Å². The molecule has 2 fully saturated rings. The van der Waals surface area contributed by atoms with Gasteiger partial charge in [-0.05, 0) is 38.2 Å². The fourth-order valence-electron chi connectivity index (χ4n) is 4.27. The molecule has 32 heavy (non-hydrogen) atoms. The number of hydrogen-bond donors (Lipinski definition) is 2. The molecular weight excluding hydrogens is 406 g/mol. The highest BCUT2D eigenvalue weighted by Crippen LogP contribution is 2.43. The van der Waals surface area contributed by atoms with Crippen LogP contribution in [-0.2, 0) is 14.9 Å². The number of amides is 2. The summed E-state index contributed by atoms with van der Waals surface area (Å²) < 4.78 is 5.11. The number of nitrogens with zero attached hydrogens (tertiary/aromatic N) is 3. The molecule has 2 amide bonds. The van der Waals surface area contributed by atoms with E-state index in [4.69, 9.17) is 4.74 Å². The van der Waals surface area contributed by atoms with E-state index in [1.165, 1.54) is 12.0 Å². The maximum atomic E-state index is 12.1. The molecule has 176 valence electrons. The first kappa shape index (κ1) is 23.9. The van der Waals surface area contributed by atoms with E-state index in [-0.39, 0.29) is 30.0 Å². The van der Waals surface area contributed by atoms with Crippen LogP contribution in [0.2, 0.25) is 0 Å². The molecule has 1 saturated heterocycles. The van der Waals surface area contributed by atoms with Crippen molar-refractivity contribution in [2.24, 2.45) is 4.99 Å². The third kappa shape index (κ3) is 6.14. The minimum absolute atomic E-state index is 0.0374. The predicted molar refractivity (Wildman–Crippen MR) is 126 cm³/mol. The minimum atomic E-state index is -0.246. The summed E-state index contributed by atoms with van der Waals surface area (Å²) in [5.74, 6) is 0.627. The summed E-state index contributed by atoms with van der Waals surface area (Å²) >= 11 is 0. The first-order valence-electron chi connectivity index (χ1n) is 11.7. The van der Waals surface area contributed by atoms with Gasteiger partial charge in [0, 0.05) is 45.2 Å². The molecular formula is C24H37N5O3. The van der Waals surface area contributed by atoms with Gasteiger partial charge in [-0.3, -0.25) is 4.79 Å². The van der Waals surface area contributed by atoms with Gasteiger partial charge in [-0.2, -0.15) is 0 Å². The zero-order valence-corrected chi connectivity index (χ0v) is 19.6. The van der Waals surface area contributed by atoms with Crippen molar-refractivity contribution in [3.63, 3.8) is 0 Å². The number of carbonyl (C=O) groups excluding carboxylic acids is 2. The van der Waals surface area contributed by atoms with Gasteiger partial charge in [-0.15, -0.1) is 0 Å². The number of likely N-dealkylation sites (tertiary alicyclic amines) is 1. The summed E-state index contributed by atoms with van der Waals surface area (Å²) in [6, 6.07) is 10.8. The number of hydrogen-bond acceptors (Lipinski definition) is 4. The first-order chi connectivity index (χ1) is 15.4. The summed E-state index contributed by atoms with van der Waals surface area (Å²) in [6.07, 6.45) is 4.89. The van der Waals surface area contributed by atoms with E-state index in [1.807, 2.05) is 13.0 Å². The molecule has 1 aromatic rings. The van der Waals surface area contributed by atoms with Crippen molar-refractivity contribution in [2.45, 2.75) is 50.5 Å². The van der Waals surface area contributed by atoms with Crippen molar-refractivity contribution in [3.8, 4) is 0 Å². The second-order valence-corrected chi connectivity index (χ2v) is 8.91. The van der Waals surface area contributed by atoms with E-state index in [0.717, 1.165) is 32.2 Å². The Morgan fingerprint density at radius 2 is 1.88 bits per heavy atom. The lowest BCUT2D eigenvalue weighted by atomic mass is 9.64. The summed E-state index contributed by atoms with van der Waals surface area (Å²) in [6.45, 7) is 4.38. The van der Waals surface area contributed by atoms with E-state index in [9.17, 15) is 9.59 Å². The van der Waals surface area contributed by atoms with E-state index in [1.54, 1.807) is 23.9 Å². The molecule has 1 aliphatic carbocycles. The zero-order valence-electron chi connectivity index (χ0n) is 19.6. The minimum Gasteiger partial charge on any atom is -0.450 e. The molecule has 0 radical (unpaired) electrons. The number of piperidine rings is 1. The maximum Gasteiger partial charge on any atom is 0.409 e. The Morgan fingerprint density at radius 3 is 2.44 bits per heavy atom. The number of nitrogens with one attached hydrogen (secondary N) is 2. The third-order valence-corrected chi connectivity index (χ3v) is 6.52. The molecule has 1 saturated carbocycles. The molecule has 2 aliphatic rings. The number of aliphatic imine (C=N–C) groups is 1. The molecule has 0 bridgehead atoms. The monoisotopic (exact) mass is 443 g/mol. The van der Waals surface area contributed by atoms with Crippen LogP contribution in [0.4, 0.5) is 4.79 Å². The highest BCUT2D eigenvalue weighted by molar-refractivity contribution is 5.85. The lowest BCUT2D eigenvalue weighted by Gasteiger charge is -2.43. The number of carbonyl (C=O) groups is 2. The van der Waals surface area contributed by atoms with Gasteiger partial charge in [0.15, 0.2) is 5.96 Å². The highest BCUT2D eigenvalue weighted by Gasteiger charge is 2.38. The van der Waals surface area contributed by atoms with Crippen LogP contribution in [-0.4, -0.2) is 80.7 Å². The van der Waals surface area contributed by atoms with Crippen molar-refractivity contribution in [1.29, 1.82) is 0 Å². The Kier molecular flexibility index (Phi) is 8.36. The van der Waals surface area contributed by atoms with Gasteiger partial charge in [-0.25, -0.2) is 9.79 Å². The van der Waals surface area contributed by atoms with Crippen molar-refractivity contribution in [1.82, 2.24) is 20.4 Å². The zero-order chi connectivity index (χ0) is 23.0. The van der Waals surface area contributed by atoms with E-state index >= 15 is 0 Å². The standard InChI is InChI=1S/C24H37N5O3/c1-4-32-23(31)29-15-11-20(12-16-29)27-22(25-17-21(30)28(2)3)26-18-24(13-8-14-24)19-9-6-5-7-10-19/h5-7,9-10,20H,4,8,11-18H2,1-3H3,(H2,25,26,27). The number of likely N-dealkylation sites (N-methyl/N-ethyl adjacent to an activating group) is 1. The van der Waals surface area contributed by atoms with Crippen molar-refractivity contribution in [2.75, 3.05) is 46.9 Å². The normalized spacial score (nSPS) is 18.5. The van der Waals surface area contributed by atoms with Gasteiger partial charge < -0.3 is 25.2 Å². The van der Waals surface area contributed by atoms with E-state index in [2.05, 4.69) is 39.9 Å². The lowest BCUT2D eigenvalue weighted by molar-refractivity contribution is -0.127. The van der Waals surface area contributed by atoms with Crippen LogP contribution in [0.5, 0.6) is 0 Å². The second-order valence-electron chi connectivity index (χ2n) is 8.91. The first-order valence-corrected chi connectivity index (χ1v) is 11.7. The highest BCUT2D eigenvalue weighted by atomic mass is 16.6. The van der Waals surface area contributed by atoms with Crippen molar-refractivity contribution >= 4 is 18.0 Å². The van der Waals surface area contributed by atoms with Crippen LogP contribution in [0.15, 0.2) is 35.3 Å². The predicted octanol–water partition coefficient (Wildman–Crippen LogP) is 2.35. The molecule has 0 atom stereocenters. The Morgan fingerprint density at radius 1 is 1.19 bits per heavy atom. The van der Waals surface area contributed by atoms with Gasteiger partial charge in [0.2, 0.25) is 5.91 Å². The van der Waals surface area contributed by atoms with Crippen LogP contribution < -0.4 is 10.6 Å². The smallest absolute Gasteiger partial charge is 0.409 e. The fourth-order valence-corrected chi connectivity index (χ4v) is 4.27.